The van der Waals surface area contributed by atoms with Crippen molar-refractivity contribution in [2.75, 3.05) is 52.4 Å². The van der Waals surface area contributed by atoms with Crippen molar-refractivity contribution in [1.82, 2.24) is 10.6 Å². The fourth-order valence-electron chi connectivity index (χ4n) is 2.39. The van der Waals surface area contributed by atoms with Gasteiger partial charge in [0.15, 0.2) is 0 Å². The van der Waals surface area contributed by atoms with E-state index < -0.39 is 0 Å². The van der Waals surface area contributed by atoms with Gasteiger partial charge in [0.1, 0.15) is 11.5 Å². The zero-order valence-electron chi connectivity index (χ0n) is 15.8. The number of rotatable bonds is 12. The largest absolute Gasteiger partial charge is 0.507 e. The second kappa shape index (κ2) is 12.4. The van der Waals surface area contributed by atoms with E-state index in [0.29, 0.717) is 48.7 Å². The summed E-state index contributed by atoms with van der Waals surface area (Å²) in [6.07, 6.45) is 0. The summed E-state index contributed by atoms with van der Waals surface area (Å²) in [5.41, 5.74) is 13.4. The van der Waals surface area contributed by atoms with Crippen molar-refractivity contribution in [2.24, 2.45) is 21.5 Å². The van der Waals surface area contributed by atoms with Crippen LogP contribution in [0.3, 0.4) is 0 Å². The predicted octanol–water partition coefficient (Wildman–Crippen LogP) is -0.188. The van der Waals surface area contributed by atoms with Crippen molar-refractivity contribution in [1.29, 1.82) is 0 Å². The first-order chi connectivity index (χ1) is 12.5. The zero-order valence-corrected chi connectivity index (χ0v) is 15.8. The summed E-state index contributed by atoms with van der Waals surface area (Å²) in [6.45, 7) is 8.95. The Hall–Kier alpha value is -2.00. The van der Waals surface area contributed by atoms with Crippen LogP contribution in [-0.4, -0.2) is 74.0 Å². The molecular formula is C18H32N6O2. The number of hydrogen-bond acceptors (Lipinski definition) is 8. The number of aromatic hydroxyl groups is 2. The van der Waals surface area contributed by atoms with Gasteiger partial charge in [-0.25, -0.2) is 0 Å². The molecule has 0 spiro atoms. The summed E-state index contributed by atoms with van der Waals surface area (Å²) in [4.78, 5) is 8.93. The SMILES string of the molecule is CC(=NCCNCCN)c1cc(C(C)=NCCNCCN)c(O)cc1O. The molecule has 0 radical (unpaired) electrons. The van der Waals surface area contributed by atoms with Crippen LogP contribution in [0.25, 0.3) is 0 Å². The van der Waals surface area contributed by atoms with Crippen LogP contribution >= 0.6 is 0 Å². The van der Waals surface area contributed by atoms with Gasteiger partial charge in [-0.3, -0.25) is 9.98 Å². The number of phenolic OH excluding ortho intramolecular Hbond substituents is 2. The highest BCUT2D eigenvalue weighted by Gasteiger charge is 2.13. The van der Waals surface area contributed by atoms with Crippen molar-refractivity contribution in [3.63, 3.8) is 0 Å². The minimum absolute atomic E-state index is 0.000158. The molecular weight excluding hydrogens is 332 g/mol. The summed E-state index contributed by atoms with van der Waals surface area (Å²) >= 11 is 0. The summed E-state index contributed by atoms with van der Waals surface area (Å²) in [5, 5.41) is 26.6. The highest BCUT2D eigenvalue weighted by atomic mass is 16.3. The van der Waals surface area contributed by atoms with Gasteiger partial charge in [-0.15, -0.1) is 0 Å². The molecule has 0 aromatic heterocycles. The van der Waals surface area contributed by atoms with Crippen LogP contribution in [-0.2, 0) is 0 Å². The summed E-state index contributed by atoms with van der Waals surface area (Å²) in [7, 11) is 0. The van der Waals surface area contributed by atoms with E-state index in [2.05, 4.69) is 20.6 Å². The van der Waals surface area contributed by atoms with Gasteiger partial charge >= 0.3 is 0 Å². The highest BCUT2D eigenvalue weighted by molar-refractivity contribution is 6.06. The van der Waals surface area contributed by atoms with Crippen molar-refractivity contribution >= 4 is 11.4 Å². The lowest BCUT2D eigenvalue weighted by Crippen LogP contribution is -2.25. The summed E-state index contributed by atoms with van der Waals surface area (Å²) in [6, 6.07) is 3.06. The van der Waals surface area contributed by atoms with Gasteiger partial charge in [-0.1, -0.05) is 0 Å². The maximum absolute atomic E-state index is 10.1. The molecule has 8 N–H and O–H groups in total. The molecule has 0 aliphatic heterocycles. The molecule has 8 nitrogen and oxygen atoms in total. The third-order valence-electron chi connectivity index (χ3n) is 3.81. The fourth-order valence-corrected chi connectivity index (χ4v) is 2.39. The molecule has 0 amide bonds. The predicted molar refractivity (Wildman–Crippen MR) is 108 cm³/mol. The van der Waals surface area contributed by atoms with Gasteiger partial charge in [-0.05, 0) is 19.9 Å². The number of benzene rings is 1. The second-order valence-electron chi connectivity index (χ2n) is 5.90. The summed E-state index contributed by atoms with van der Waals surface area (Å²) in [5.74, 6) is -0.000315. The third-order valence-corrected chi connectivity index (χ3v) is 3.81. The van der Waals surface area contributed by atoms with Gasteiger partial charge in [0.25, 0.3) is 0 Å². The molecule has 26 heavy (non-hydrogen) atoms. The van der Waals surface area contributed by atoms with Crippen LogP contribution in [0.2, 0.25) is 0 Å². The van der Waals surface area contributed by atoms with E-state index in [1.807, 2.05) is 13.8 Å². The Balaban J connectivity index is 2.84. The number of hydrogen-bond donors (Lipinski definition) is 6. The van der Waals surface area contributed by atoms with Crippen molar-refractivity contribution in [2.45, 2.75) is 13.8 Å². The molecule has 0 aliphatic carbocycles. The molecule has 0 heterocycles. The van der Waals surface area contributed by atoms with Crippen LogP contribution in [0.15, 0.2) is 22.1 Å². The van der Waals surface area contributed by atoms with Crippen molar-refractivity contribution < 1.29 is 10.2 Å². The molecule has 146 valence electrons. The quantitative estimate of drug-likeness (QED) is 0.224. The average molecular weight is 364 g/mol. The van der Waals surface area contributed by atoms with Gasteiger partial charge < -0.3 is 32.3 Å². The Morgan fingerprint density at radius 2 is 1.23 bits per heavy atom. The fraction of sp³-hybridized carbons (Fsp3) is 0.556. The number of phenols is 2. The Morgan fingerprint density at radius 1 is 0.808 bits per heavy atom. The van der Waals surface area contributed by atoms with E-state index in [4.69, 9.17) is 11.5 Å². The van der Waals surface area contributed by atoms with Crippen molar-refractivity contribution in [3.05, 3.63) is 23.3 Å². The van der Waals surface area contributed by atoms with E-state index in [1.54, 1.807) is 6.07 Å². The first-order valence-electron chi connectivity index (χ1n) is 8.91. The Bertz CT molecular complexity index is 567. The number of nitrogens with two attached hydrogens (primary N) is 2. The van der Waals surface area contributed by atoms with E-state index in [0.717, 1.165) is 26.2 Å². The molecule has 1 aromatic rings. The molecule has 1 aromatic carbocycles. The first-order valence-corrected chi connectivity index (χ1v) is 8.91. The molecule has 8 heteroatoms. The maximum atomic E-state index is 10.1. The second-order valence-corrected chi connectivity index (χ2v) is 5.90. The molecule has 0 saturated carbocycles. The summed E-state index contributed by atoms with van der Waals surface area (Å²) < 4.78 is 0. The molecule has 0 aliphatic rings. The lowest BCUT2D eigenvalue weighted by Gasteiger charge is -2.11. The first kappa shape index (κ1) is 22.0. The Kier molecular flexibility index (Phi) is 10.5. The zero-order chi connectivity index (χ0) is 19.4. The Morgan fingerprint density at radius 3 is 1.62 bits per heavy atom. The standard InChI is InChI=1S/C18H32N6O2/c1-13(23-9-7-21-5-3-19)15-11-16(18(26)12-17(15)25)14(2)24-10-8-22-6-4-20/h11-12,21-22,25-26H,3-10,19-20H2,1-2H3. The van der Waals surface area contributed by atoms with Crippen LogP contribution in [0, 0.1) is 0 Å². The van der Waals surface area contributed by atoms with Crippen LogP contribution in [0.1, 0.15) is 25.0 Å². The van der Waals surface area contributed by atoms with Gasteiger partial charge in [0.2, 0.25) is 0 Å². The van der Waals surface area contributed by atoms with Crippen molar-refractivity contribution in [3.8, 4) is 11.5 Å². The molecule has 0 saturated heterocycles. The van der Waals surface area contributed by atoms with Crippen LogP contribution < -0.4 is 22.1 Å². The monoisotopic (exact) mass is 364 g/mol. The lowest BCUT2D eigenvalue weighted by atomic mass is 10.0. The number of nitrogens with one attached hydrogen (secondary N) is 2. The van der Waals surface area contributed by atoms with Crippen LogP contribution in [0.5, 0.6) is 11.5 Å². The minimum Gasteiger partial charge on any atom is -0.507 e. The third kappa shape index (κ3) is 7.49. The molecule has 0 fully saturated rings. The molecule has 0 bridgehead atoms. The molecule has 0 unspecified atom stereocenters. The number of nitrogens with zero attached hydrogens (tertiary/aromatic N) is 2. The van der Waals surface area contributed by atoms with E-state index in [-0.39, 0.29) is 11.5 Å². The van der Waals surface area contributed by atoms with E-state index >= 15 is 0 Å². The normalized spacial score (nSPS) is 12.6. The van der Waals surface area contributed by atoms with Gasteiger partial charge in [0, 0.05) is 67.9 Å². The minimum atomic E-state index is -0.000158. The highest BCUT2D eigenvalue weighted by Crippen LogP contribution is 2.28. The molecule has 1 rings (SSSR count). The molecule has 0 atom stereocenters. The number of aliphatic imine (C=N–C) groups is 2. The van der Waals surface area contributed by atoms with E-state index in [1.165, 1.54) is 6.07 Å². The van der Waals surface area contributed by atoms with Crippen LogP contribution in [0.4, 0.5) is 0 Å². The average Bonchev–Trinajstić information content (AvgIpc) is 2.61. The van der Waals surface area contributed by atoms with E-state index in [9.17, 15) is 10.2 Å². The topological polar surface area (TPSA) is 141 Å². The maximum Gasteiger partial charge on any atom is 0.128 e. The lowest BCUT2D eigenvalue weighted by molar-refractivity contribution is 0.449. The smallest absolute Gasteiger partial charge is 0.128 e. The van der Waals surface area contributed by atoms with Gasteiger partial charge in [-0.2, -0.15) is 0 Å². The Labute approximate surface area is 155 Å². The van der Waals surface area contributed by atoms with Gasteiger partial charge in [0.05, 0.1) is 13.1 Å².